The van der Waals surface area contributed by atoms with Crippen molar-refractivity contribution in [1.29, 1.82) is 0 Å². The Hall–Kier alpha value is -2.41. The Bertz CT molecular complexity index is 708. The van der Waals surface area contributed by atoms with E-state index in [1.54, 1.807) is 11.8 Å². The van der Waals surface area contributed by atoms with Crippen LogP contribution in [0.1, 0.15) is 52.0 Å². The van der Waals surface area contributed by atoms with Crippen molar-refractivity contribution in [3.63, 3.8) is 0 Å². The fraction of sp³-hybridized carbons (Fsp3) is 0.625. The summed E-state index contributed by atoms with van der Waals surface area (Å²) in [6, 6.07) is 8.78. The van der Waals surface area contributed by atoms with Gasteiger partial charge in [0.05, 0.1) is 12.6 Å². The fourth-order valence-corrected chi connectivity index (χ4v) is 3.77. The minimum absolute atomic E-state index is 0.0168. The van der Waals surface area contributed by atoms with Gasteiger partial charge in [0.15, 0.2) is 0 Å². The molecule has 3 amide bonds. The molecule has 2 rings (SSSR count). The third-order valence-corrected chi connectivity index (χ3v) is 5.38. The molecule has 2 atom stereocenters. The van der Waals surface area contributed by atoms with E-state index in [0.29, 0.717) is 19.5 Å². The van der Waals surface area contributed by atoms with Crippen LogP contribution < -0.4 is 16.0 Å². The topological polar surface area (TPSA) is 90.5 Å². The van der Waals surface area contributed by atoms with Crippen molar-refractivity contribution in [2.45, 2.75) is 65.0 Å². The van der Waals surface area contributed by atoms with Crippen LogP contribution in [-0.4, -0.2) is 60.9 Å². The molecule has 7 nitrogen and oxygen atoms in total. The Labute approximate surface area is 186 Å². The van der Waals surface area contributed by atoms with Gasteiger partial charge in [0, 0.05) is 13.1 Å². The van der Waals surface area contributed by atoms with Crippen LogP contribution in [0, 0.1) is 5.92 Å². The maximum Gasteiger partial charge on any atom is 0.245 e. The SMILES string of the molecule is CC(C)CN1CC(=O)NCCCCCCN[C@@H](Cc2ccccc2)C(=O)N[C@@H](C)C1=O. The zero-order valence-electron chi connectivity index (χ0n) is 19.2. The first-order valence-electron chi connectivity index (χ1n) is 11.5. The molecule has 0 unspecified atom stereocenters. The van der Waals surface area contributed by atoms with E-state index < -0.39 is 12.1 Å². The predicted molar refractivity (Wildman–Crippen MR) is 122 cm³/mol. The second-order valence-electron chi connectivity index (χ2n) is 8.80. The van der Waals surface area contributed by atoms with Gasteiger partial charge < -0.3 is 20.9 Å². The highest BCUT2D eigenvalue weighted by Gasteiger charge is 2.27. The fourth-order valence-electron chi connectivity index (χ4n) is 3.77. The molecule has 1 fully saturated rings. The van der Waals surface area contributed by atoms with Crippen LogP contribution in [0.15, 0.2) is 30.3 Å². The summed E-state index contributed by atoms with van der Waals surface area (Å²) in [5.41, 5.74) is 1.07. The minimum atomic E-state index is -0.702. The standard InChI is InChI=1S/C24H38N4O3/c1-18(2)16-28-17-22(29)26-14-10-5-4-9-13-25-21(15-20-11-7-6-8-12-20)23(30)27-19(3)24(28)31/h6-8,11-12,18-19,21,25H,4-5,9-10,13-17H2,1-3H3,(H,26,29)(H,27,30)/t19-,21-/m0/s1. The first-order valence-corrected chi connectivity index (χ1v) is 11.5. The summed E-state index contributed by atoms with van der Waals surface area (Å²) in [4.78, 5) is 40.0. The lowest BCUT2D eigenvalue weighted by atomic mass is 10.0. The van der Waals surface area contributed by atoms with Crippen LogP contribution in [0.5, 0.6) is 0 Å². The largest absolute Gasteiger partial charge is 0.355 e. The number of nitrogens with one attached hydrogen (secondary N) is 3. The number of amides is 3. The smallest absolute Gasteiger partial charge is 0.245 e. The summed E-state index contributed by atoms with van der Waals surface area (Å²) in [5.74, 6) is -0.352. The summed E-state index contributed by atoms with van der Waals surface area (Å²) in [5, 5.41) is 9.16. The molecule has 3 N–H and O–H groups in total. The monoisotopic (exact) mass is 430 g/mol. The van der Waals surface area contributed by atoms with Crippen molar-refractivity contribution < 1.29 is 14.4 Å². The Morgan fingerprint density at radius 2 is 1.68 bits per heavy atom. The van der Waals surface area contributed by atoms with Crippen molar-refractivity contribution >= 4 is 17.7 Å². The molecule has 0 saturated carbocycles. The van der Waals surface area contributed by atoms with Gasteiger partial charge in [0.1, 0.15) is 6.04 Å². The first-order chi connectivity index (χ1) is 14.9. The summed E-state index contributed by atoms with van der Waals surface area (Å²) >= 11 is 0. The maximum atomic E-state index is 13.0. The Morgan fingerprint density at radius 3 is 2.35 bits per heavy atom. The third-order valence-electron chi connectivity index (χ3n) is 5.38. The van der Waals surface area contributed by atoms with E-state index >= 15 is 0 Å². The third kappa shape index (κ3) is 9.09. The lowest BCUT2D eigenvalue weighted by molar-refractivity contribution is -0.139. The Morgan fingerprint density at radius 1 is 1.00 bits per heavy atom. The van der Waals surface area contributed by atoms with Gasteiger partial charge in [-0.2, -0.15) is 0 Å². The lowest BCUT2D eigenvalue weighted by Gasteiger charge is -2.28. The Balaban J connectivity index is 2.14. The maximum absolute atomic E-state index is 13.0. The van der Waals surface area contributed by atoms with Crippen LogP contribution >= 0.6 is 0 Å². The Kier molecular flexibility index (Phi) is 10.5. The summed E-state index contributed by atoms with van der Waals surface area (Å²) in [6.07, 6.45) is 4.49. The van der Waals surface area contributed by atoms with E-state index in [1.807, 2.05) is 44.2 Å². The van der Waals surface area contributed by atoms with Crippen LogP contribution in [0.2, 0.25) is 0 Å². The summed E-state index contributed by atoms with van der Waals surface area (Å²) in [7, 11) is 0. The van der Waals surface area contributed by atoms with Crippen LogP contribution in [-0.2, 0) is 20.8 Å². The molecular formula is C24H38N4O3. The van der Waals surface area contributed by atoms with E-state index in [0.717, 1.165) is 37.8 Å². The van der Waals surface area contributed by atoms with E-state index in [-0.39, 0.29) is 30.2 Å². The van der Waals surface area contributed by atoms with Crippen molar-refractivity contribution in [2.24, 2.45) is 5.92 Å². The first kappa shape index (κ1) is 24.9. The van der Waals surface area contributed by atoms with Crippen molar-refractivity contribution in [3.8, 4) is 0 Å². The molecule has 1 aliphatic rings. The predicted octanol–water partition coefficient (Wildman–Crippen LogP) is 1.87. The summed E-state index contributed by atoms with van der Waals surface area (Å²) < 4.78 is 0. The molecule has 7 heteroatoms. The van der Waals surface area contributed by atoms with Gasteiger partial charge in [0.2, 0.25) is 17.7 Å². The van der Waals surface area contributed by atoms with Crippen LogP contribution in [0.3, 0.4) is 0 Å². The molecule has 1 aliphatic heterocycles. The molecule has 0 radical (unpaired) electrons. The van der Waals surface area contributed by atoms with Crippen molar-refractivity contribution in [1.82, 2.24) is 20.9 Å². The van der Waals surface area contributed by atoms with E-state index in [1.165, 1.54) is 0 Å². The van der Waals surface area contributed by atoms with Gasteiger partial charge in [0.25, 0.3) is 0 Å². The van der Waals surface area contributed by atoms with Crippen molar-refractivity contribution in [3.05, 3.63) is 35.9 Å². The zero-order chi connectivity index (χ0) is 22.6. The zero-order valence-corrected chi connectivity index (χ0v) is 19.2. The molecule has 31 heavy (non-hydrogen) atoms. The molecule has 0 bridgehead atoms. The van der Waals surface area contributed by atoms with Crippen LogP contribution in [0.25, 0.3) is 0 Å². The average Bonchev–Trinajstić information content (AvgIpc) is 2.73. The van der Waals surface area contributed by atoms with E-state index in [9.17, 15) is 14.4 Å². The molecule has 1 saturated heterocycles. The number of nitrogens with zero attached hydrogens (tertiary/aromatic N) is 1. The second-order valence-corrected chi connectivity index (χ2v) is 8.80. The number of carbonyl (C=O) groups is 3. The second kappa shape index (κ2) is 13.1. The van der Waals surface area contributed by atoms with E-state index in [2.05, 4.69) is 16.0 Å². The quantitative estimate of drug-likeness (QED) is 0.680. The number of rotatable bonds is 4. The molecule has 0 aromatic heterocycles. The molecule has 0 spiro atoms. The van der Waals surface area contributed by atoms with Crippen LogP contribution in [0.4, 0.5) is 0 Å². The molecular weight excluding hydrogens is 392 g/mol. The number of hydrogen-bond donors (Lipinski definition) is 3. The average molecular weight is 431 g/mol. The van der Waals surface area contributed by atoms with Gasteiger partial charge in [-0.1, -0.05) is 57.0 Å². The highest BCUT2D eigenvalue weighted by atomic mass is 16.2. The van der Waals surface area contributed by atoms with Crippen molar-refractivity contribution in [2.75, 3.05) is 26.2 Å². The molecule has 0 aliphatic carbocycles. The highest BCUT2D eigenvalue weighted by Crippen LogP contribution is 2.07. The molecule has 1 aromatic rings. The molecule has 172 valence electrons. The van der Waals surface area contributed by atoms with Gasteiger partial charge in [-0.25, -0.2) is 0 Å². The highest BCUT2D eigenvalue weighted by molar-refractivity contribution is 5.91. The normalized spacial score (nSPS) is 22.8. The van der Waals surface area contributed by atoms with Gasteiger partial charge in [-0.15, -0.1) is 0 Å². The number of carbonyl (C=O) groups excluding carboxylic acids is 3. The summed E-state index contributed by atoms with van der Waals surface area (Å²) in [6.45, 7) is 7.55. The molecule has 1 heterocycles. The molecule has 1 aromatic carbocycles. The number of hydrogen-bond acceptors (Lipinski definition) is 4. The number of benzene rings is 1. The van der Waals surface area contributed by atoms with E-state index in [4.69, 9.17) is 0 Å². The van der Waals surface area contributed by atoms with Gasteiger partial charge >= 0.3 is 0 Å². The minimum Gasteiger partial charge on any atom is -0.355 e. The lowest BCUT2D eigenvalue weighted by Crippen LogP contribution is -2.54. The van der Waals surface area contributed by atoms with Gasteiger partial charge in [-0.05, 0) is 44.2 Å². The van der Waals surface area contributed by atoms with Gasteiger partial charge in [-0.3, -0.25) is 14.4 Å².